The molecule has 1 amide bonds. The third-order valence-corrected chi connectivity index (χ3v) is 3.80. The van der Waals surface area contributed by atoms with E-state index in [9.17, 15) is 18.0 Å². The topological polar surface area (TPSA) is 112 Å². The summed E-state index contributed by atoms with van der Waals surface area (Å²) in [6.45, 7) is 3.75. The van der Waals surface area contributed by atoms with Crippen LogP contribution in [0.1, 0.15) is 31.5 Å². The minimum atomic E-state index is -4.36. The summed E-state index contributed by atoms with van der Waals surface area (Å²) in [6, 6.07) is 9.79. The number of amides is 1. The molecular weight excluding hydrogens is 413 g/mol. The van der Waals surface area contributed by atoms with Gasteiger partial charge < -0.3 is 10.1 Å². The SMILES string of the molecule is CCNC(=O)OC(C)N/N=C(\CC#N)c1ccc(-c2nccc(CC(F)(F)F)n2)cc1. The predicted molar refractivity (Wildman–Crippen MR) is 107 cm³/mol. The monoisotopic (exact) mass is 434 g/mol. The number of aromatic nitrogens is 2. The van der Waals surface area contributed by atoms with Crippen LogP contribution in [0.4, 0.5) is 18.0 Å². The van der Waals surface area contributed by atoms with Crippen molar-refractivity contribution >= 4 is 11.8 Å². The van der Waals surface area contributed by atoms with Gasteiger partial charge in [0.25, 0.3) is 0 Å². The minimum absolute atomic E-state index is 0.0161. The summed E-state index contributed by atoms with van der Waals surface area (Å²) in [5, 5.41) is 15.7. The average Bonchev–Trinajstić information content (AvgIpc) is 2.70. The Hall–Kier alpha value is -3.68. The van der Waals surface area contributed by atoms with Crippen LogP contribution >= 0.6 is 0 Å². The maximum atomic E-state index is 12.6. The molecular formula is C20H21F3N6O2. The number of hydrazone groups is 1. The van der Waals surface area contributed by atoms with Gasteiger partial charge in [-0.1, -0.05) is 24.3 Å². The highest BCUT2D eigenvalue weighted by Gasteiger charge is 2.28. The Kier molecular flexibility index (Phi) is 8.31. The van der Waals surface area contributed by atoms with E-state index in [1.807, 2.05) is 6.07 Å². The van der Waals surface area contributed by atoms with Gasteiger partial charge in [-0.2, -0.15) is 23.5 Å². The zero-order chi connectivity index (χ0) is 22.9. The number of nitrogens with zero attached hydrogens (tertiary/aromatic N) is 4. The van der Waals surface area contributed by atoms with Crippen molar-refractivity contribution in [1.29, 1.82) is 5.26 Å². The van der Waals surface area contributed by atoms with E-state index in [0.717, 1.165) is 0 Å². The summed E-state index contributed by atoms with van der Waals surface area (Å²) in [5.74, 6) is 0.161. The summed E-state index contributed by atoms with van der Waals surface area (Å²) in [5.41, 5.74) is 4.05. The van der Waals surface area contributed by atoms with E-state index in [4.69, 9.17) is 10.00 Å². The summed E-state index contributed by atoms with van der Waals surface area (Å²) in [7, 11) is 0. The lowest BCUT2D eigenvalue weighted by atomic mass is 10.1. The molecule has 0 aliphatic carbocycles. The molecule has 2 N–H and O–H groups in total. The molecule has 1 heterocycles. The van der Waals surface area contributed by atoms with E-state index in [0.29, 0.717) is 23.4 Å². The van der Waals surface area contributed by atoms with Crippen molar-refractivity contribution < 1.29 is 22.7 Å². The highest BCUT2D eigenvalue weighted by Crippen LogP contribution is 2.22. The molecule has 2 rings (SSSR count). The molecule has 1 aromatic heterocycles. The molecule has 164 valence electrons. The number of hydrogen-bond donors (Lipinski definition) is 2. The first-order valence-electron chi connectivity index (χ1n) is 9.35. The second-order valence-corrected chi connectivity index (χ2v) is 6.34. The molecule has 0 aliphatic heterocycles. The van der Waals surface area contributed by atoms with Gasteiger partial charge in [0.2, 0.25) is 0 Å². The lowest BCUT2D eigenvalue weighted by Crippen LogP contribution is -2.33. The fourth-order valence-electron chi connectivity index (χ4n) is 2.47. The van der Waals surface area contributed by atoms with E-state index < -0.39 is 24.9 Å². The number of halogens is 3. The first-order chi connectivity index (χ1) is 14.7. The number of hydrogen-bond acceptors (Lipinski definition) is 7. The number of ether oxygens (including phenoxy) is 1. The van der Waals surface area contributed by atoms with Gasteiger partial charge >= 0.3 is 12.3 Å². The fourth-order valence-corrected chi connectivity index (χ4v) is 2.47. The molecule has 2 aromatic rings. The van der Waals surface area contributed by atoms with Crippen molar-refractivity contribution in [2.45, 2.75) is 39.1 Å². The maximum Gasteiger partial charge on any atom is 0.409 e. The Labute approximate surface area is 177 Å². The van der Waals surface area contributed by atoms with Crippen LogP contribution in [0.5, 0.6) is 0 Å². The predicted octanol–water partition coefficient (Wildman–Crippen LogP) is 3.55. The summed E-state index contributed by atoms with van der Waals surface area (Å²) < 4.78 is 42.8. The van der Waals surface area contributed by atoms with E-state index in [2.05, 4.69) is 25.8 Å². The molecule has 1 unspecified atom stereocenters. The quantitative estimate of drug-likeness (QED) is 0.373. The summed E-state index contributed by atoms with van der Waals surface area (Å²) in [4.78, 5) is 19.4. The van der Waals surface area contributed by atoms with E-state index in [-0.39, 0.29) is 17.9 Å². The Morgan fingerprint density at radius 2 is 2.00 bits per heavy atom. The molecule has 8 nitrogen and oxygen atoms in total. The summed E-state index contributed by atoms with van der Waals surface area (Å²) in [6.07, 6.45) is -5.57. The van der Waals surface area contributed by atoms with Crippen LogP contribution in [0.3, 0.4) is 0 Å². The third kappa shape index (κ3) is 7.93. The normalized spacial score (nSPS) is 12.6. The molecule has 31 heavy (non-hydrogen) atoms. The Balaban J connectivity index is 2.15. The molecule has 0 saturated heterocycles. The molecule has 0 saturated carbocycles. The van der Waals surface area contributed by atoms with Crippen LogP contribution < -0.4 is 10.7 Å². The average molecular weight is 434 g/mol. The van der Waals surface area contributed by atoms with Crippen molar-refractivity contribution in [3.05, 3.63) is 47.8 Å². The van der Waals surface area contributed by atoms with Crippen molar-refractivity contribution in [1.82, 2.24) is 20.7 Å². The van der Waals surface area contributed by atoms with Gasteiger partial charge in [-0.15, -0.1) is 0 Å². The van der Waals surface area contributed by atoms with Crippen molar-refractivity contribution in [3.8, 4) is 17.5 Å². The number of benzene rings is 1. The highest BCUT2D eigenvalue weighted by molar-refractivity contribution is 6.01. The molecule has 0 spiro atoms. The first kappa shape index (κ1) is 23.6. The second-order valence-electron chi connectivity index (χ2n) is 6.34. The molecule has 1 aromatic carbocycles. The van der Waals surface area contributed by atoms with Crippen LogP contribution in [-0.2, 0) is 11.2 Å². The molecule has 0 fully saturated rings. The van der Waals surface area contributed by atoms with Gasteiger partial charge in [0.1, 0.15) is 0 Å². The Bertz CT molecular complexity index is 955. The van der Waals surface area contributed by atoms with Gasteiger partial charge in [0.05, 0.1) is 30.3 Å². The fraction of sp³-hybridized carbons (Fsp3) is 0.350. The number of nitriles is 1. The van der Waals surface area contributed by atoms with Crippen LogP contribution in [0, 0.1) is 11.3 Å². The number of carbonyl (C=O) groups excluding carboxylic acids is 1. The van der Waals surface area contributed by atoms with Crippen LogP contribution in [-0.4, -0.2) is 40.7 Å². The molecule has 0 radical (unpaired) electrons. The van der Waals surface area contributed by atoms with Gasteiger partial charge in [0, 0.05) is 18.3 Å². The van der Waals surface area contributed by atoms with Crippen molar-refractivity contribution in [2.75, 3.05) is 6.54 Å². The number of alkyl carbamates (subject to hydrolysis) is 1. The van der Waals surface area contributed by atoms with Crippen LogP contribution in [0.15, 0.2) is 41.6 Å². The number of carbonyl (C=O) groups is 1. The van der Waals surface area contributed by atoms with Gasteiger partial charge in [-0.25, -0.2) is 14.8 Å². The zero-order valence-electron chi connectivity index (χ0n) is 16.9. The standard InChI is InChI=1S/C20H21F3N6O2/c1-3-25-19(30)31-13(2)28-29-17(8-10-24)14-4-6-15(7-5-14)18-26-11-9-16(27-18)12-20(21,22)23/h4-7,9,11,13,28H,3,8,12H2,1-2H3,(H,25,30)/b29-17+. The largest absolute Gasteiger partial charge is 0.424 e. The second kappa shape index (κ2) is 10.9. The van der Waals surface area contributed by atoms with Crippen LogP contribution in [0.2, 0.25) is 0 Å². The first-order valence-corrected chi connectivity index (χ1v) is 9.35. The van der Waals surface area contributed by atoms with Gasteiger partial charge in [-0.3, -0.25) is 5.43 Å². The number of alkyl halides is 3. The summed E-state index contributed by atoms with van der Waals surface area (Å²) >= 11 is 0. The van der Waals surface area contributed by atoms with Gasteiger partial charge in [-0.05, 0) is 25.5 Å². The molecule has 1 atom stereocenters. The lowest BCUT2D eigenvalue weighted by Gasteiger charge is -2.14. The Morgan fingerprint density at radius 1 is 1.29 bits per heavy atom. The van der Waals surface area contributed by atoms with Crippen LogP contribution in [0.25, 0.3) is 11.4 Å². The maximum absolute atomic E-state index is 12.6. The van der Waals surface area contributed by atoms with Gasteiger partial charge in [0.15, 0.2) is 12.1 Å². The van der Waals surface area contributed by atoms with Crippen molar-refractivity contribution in [3.63, 3.8) is 0 Å². The number of nitrogens with one attached hydrogen (secondary N) is 2. The van der Waals surface area contributed by atoms with Crippen molar-refractivity contribution in [2.24, 2.45) is 5.10 Å². The highest BCUT2D eigenvalue weighted by atomic mass is 19.4. The van der Waals surface area contributed by atoms with E-state index in [1.54, 1.807) is 38.1 Å². The molecule has 0 bridgehead atoms. The smallest absolute Gasteiger partial charge is 0.409 e. The lowest BCUT2D eigenvalue weighted by molar-refractivity contribution is -0.127. The zero-order valence-corrected chi connectivity index (χ0v) is 16.9. The molecule has 11 heteroatoms. The minimum Gasteiger partial charge on any atom is -0.424 e. The van der Waals surface area contributed by atoms with E-state index >= 15 is 0 Å². The number of rotatable bonds is 8. The molecule has 0 aliphatic rings. The third-order valence-electron chi connectivity index (χ3n) is 3.80. The Morgan fingerprint density at radius 3 is 2.61 bits per heavy atom. The van der Waals surface area contributed by atoms with E-state index in [1.165, 1.54) is 12.3 Å².